The maximum absolute atomic E-state index is 10.5. The molecule has 6 aromatic carbocycles. The van der Waals surface area contributed by atoms with Crippen LogP contribution >= 0.6 is 0 Å². The fourth-order valence-electron chi connectivity index (χ4n) is 8.15. The van der Waals surface area contributed by atoms with E-state index in [1.54, 1.807) is 0 Å². The quantitative estimate of drug-likeness (QED) is 0.0583. The molecule has 0 spiro atoms. The number of ether oxygens (including phenoxy) is 10. The molecule has 6 aromatic rings. The van der Waals surface area contributed by atoms with Crippen molar-refractivity contribution in [2.75, 3.05) is 66.1 Å². The molecule has 0 amide bonds. The van der Waals surface area contributed by atoms with Crippen LogP contribution in [0.15, 0.2) is 146 Å². The number of hydrogen-bond donors (Lipinski definition) is 1. The topological polar surface area (TPSA) is 126 Å². The largest absolute Gasteiger partial charge is 0.491 e. The lowest BCUT2D eigenvalue weighted by Crippen LogP contribution is -2.25. The van der Waals surface area contributed by atoms with Crippen LogP contribution in [0.1, 0.15) is 74.9 Å². The van der Waals surface area contributed by atoms with E-state index in [4.69, 9.17) is 47.4 Å². The third-order valence-electron chi connectivity index (χ3n) is 13.7. The van der Waals surface area contributed by atoms with Gasteiger partial charge in [-0.15, -0.1) is 0 Å². The molecule has 0 bridgehead atoms. The Morgan fingerprint density at radius 1 is 0.338 bits per heavy atom. The smallest absolute Gasteiger partial charge is 0.122 e. The molecule has 0 aliphatic carbocycles. The fourth-order valence-corrected chi connectivity index (χ4v) is 8.15. The van der Waals surface area contributed by atoms with Crippen LogP contribution < -0.4 is 28.4 Å². The van der Waals surface area contributed by atoms with Crippen molar-refractivity contribution in [2.45, 2.75) is 88.3 Å². The van der Waals surface area contributed by atoms with Crippen molar-refractivity contribution < 1.29 is 52.5 Å². The van der Waals surface area contributed by atoms with Crippen LogP contribution in [0.2, 0.25) is 0 Å². The zero-order chi connectivity index (χ0) is 49.4. The van der Waals surface area contributed by atoms with Gasteiger partial charge in [0.2, 0.25) is 0 Å². The van der Waals surface area contributed by atoms with E-state index in [0.717, 1.165) is 49.4 Å². The first-order valence-corrected chi connectivity index (χ1v) is 24.8. The maximum Gasteiger partial charge on any atom is 0.122 e. The Morgan fingerprint density at radius 2 is 0.507 bits per heavy atom. The molecule has 4 atom stereocenters. The van der Waals surface area contributed by atoms with Crippen molar-refractivity contribution in [3.05, 3.63) is 179 Å². The van der Waals surface area contributed by atoms with E-state index in [1.165, 1.54) is 33.4 Å². The van der Waals surface area contributed by atoms with E-state index < -0.39 is 6.10 Å². The highest BCUT2D eigenvalue weighted by molar-refractivity contribution is 5.45. The molecule has 10 rings (SSSR count). The van der Waals surface area contributed by atoms with E-state index >= 15 is 0 Å². The van der Waals surface area contributed by atoms with Crippen LogP contribution in [0.3, 0.4) is 0 Å². The molecule has 4 aliphatic heterocycles. The summed E-state index contributed by atoms with van der Waals surface area (Å²) in [6, 6.07) is 49.3. The number of epoxide rings is 4. The van der Waals surface area contributed by atoms with E-state index in [2.05, 4.69) is 114 Å². The van der Waals surface area contributed by atoms with Crippen molar-refractivity contribution in [3.63, 3.8) is 0 Å². The summed E-state index contributed by atoms with van der Waals surface area (Å²) >= 11 is 0. The zero-order valence-electron chi connectivity index (χ0n) is 41.8. The van der Waals surface area contributed by atoms with Crippen LogP contribution in [0.4, 0.5) is 0 Å². The second-order valence-electron chi connectivity index (χ2n) is 20.4. The normalized spacial score (nSPS) is 19.3. The van der Waals surface area contributed by atoms with Crippen LogP contribution in [0.5, 0.6) is 34.5 Å². The Labute approximate surface area is 418 Å². The summed E-state index contributed by atoms with van der Waals surface area (Å²) in [5.41, 5.74) is 6.75. The van der Waals surface area contributed by atoms with Crippen LogP contribution in [0, 0.1) is 0 Å². The second kappa shape index (κ2) is 22.1. The minimum absolute atomic E-state index is 0.0870. The van der Waals surface area contributed by atoms with Crippen LogP contribution in [-0.4, -0.2) is 102 Å². The Kier molecular flexibility index (Phi) is 15.6. The van der Waals surface area contributed by atoms with Crippen molar-refractivity contribution in [2.24, 2.45) is 0 Å². The molecule has 11 nitrogen and oxygen atoms in total. The van der Waals surface area contributed by atoms with Crippen molar-refractivity contribution in [1.82, 2.24) is 0 Å². The SMILES string of the molecule is CC(C)(c1ccc(OCC(O)COc2ccc(C(C)(C)c3ccc(OCC4CO4)cc3)cc2)cc1)c1ccc(OCC2CO2)cc1.CC(C)(c1ccc(OCC2CO2)cc1)c1ccc(OCC2CO2)cc1. The van der Waals surface area contributed by atoms with Gasteiger partial charge in [-0.25, -0.2) is 0 Å². The molecule has 4 fully saturated rings. The first kappa shape index (κ1) is 49.9. The van der Waals surface area contributed by atoms with Crippen molar-refractivity contribution >= 4 is 0 Å². The number of aliphatic hydroxyl groups is 1. The van der Waals surface area contributed by atoms with E-state index in [0.29, 0.717) is 37.9 Å². The van der Waals surface area contributed by atoms with Gasteiger partial charge in [-0.2, -0.15) is 0 Å². The summed E-state index contributed by atoms with van der Waals surface area (Å²) in [5.74, 6) is 4.89. The van der Waals surface area contributed by atoms with Gasteiger partial charge in [0.1, 0.15) is 105 Å². The summed E-state index contributed by atoms with van der Waals surface area (Å²) in [6.45, 7) is 19.2. The van der Waals surface area contributed by atoms with Gasteiger partial charge in [0.15, 0.2) is 0 Å². The lowest BCUT2D eigenvalue weighted by atomic mass is 9.78. The first-order chi connectivity index (χ1) is 34.3. The minimum Gasteiger partial charge on any atom is -0.491 e. The first-order valence-electron chi connectivity index (χ1n) is 24.8. The number of benzene rings is 6. The average Bonchev–Trinajstić information content (AvgIpc) is 4.17. The summed E-state index contributed by atoms with van der Waals surface area (Å²) in [4.78, 5) is 0. The second-order valence-corrected chi connectivity index (χ2v) is 20.4. The van der Waals surface area contributed by atoms with Gasteiger partial charge in [0, 0.05) is 16.2 Å². The number of hydrogen-bond acceptors (Lipinski definition) is 11. The predicted octanol–water partition coefficient (Wildman–Crippen LogP) is 10.3. The van der Waals surface area contributed by atoms with Crippen LogP contribution in [-0.2, 0) is 35.2 Å². The molecule has 4 heterocycles. The maximum atomic E-state index is 10.5. The standard InChI is InChI=1S/C39H44O7.C21H24O4/c1-38(2,29-9-17-34(18-10-29)43-23-36-25-45-36)27-5-13-32(14-6-27)41-21-31(40)22-42-33-15-7-28(8-16-33)39(3,4)30-11-19-35(20-12-30)44-24-37-26-46-37;1-21(2,15-3-7-17(8-4-15)22-11-19-13-24-19)16-5-9-18(10-6-16)23-12-20-14-25-20/h5-20,31,36-37,40H,21-26H2,1-4H3;3-10,19-20H,11-14H2,1-2H3. The van der Waals surface area contributed by atoms with Crippen LogP contribution in [0.25, 0.3) is 0 Å². The summed E-state index contributed by atoms with van der Waals surface area (Å²) in [5, 5.41) is 10.5. The molecule has 0 radical (unpaired) electrons. The Morgan fingerprint density at radius 3 is 0.676 bits per heavy atom. The lowest BCUT2D eigenvalue weighted by molar-refractivity contribution is 0.0626. The highest BCUT2D eigenvalue weighted by atomic mass is 16.6. The van der Waals surface area contributed by atoms with Gasteiger partial charge in [0.05, 0.1) is 26.4 Å². The summed E-state index contributed by atoms with van der Waals surface area (Å²) < 4.78 is 55.5. The molecule has 4 aliphatic rings. The Hall–Kier alpha value is -6.08. The molecule has 4 unspecified atom stereocenters. The molecule has 1 N–H and O–H groups in total. The number of rotatable bonds is 24. The summed E-state index contributed by atoms with van der Waals surface area (Å²) in [6.07, 6.45) is 0.272. The summed E-state index contributed by atoms with van der Waals surface area (Å²) in [7, 11) is 0. The minimum atomic E-state index is -0.772. The monoisotopic (exact) mass is 964 g/mol. The molecule has 374 valence electrons. The predicted molar refractivity (Wildman–Crippen MR) is 273 cm³/mol. The Balaban J connectivity index is 0.000000209. The molecule has 0 saturated carbocycles. The molecular formula is C60H68O11. The lowest BCUT2D eigenvalue weighted by Gasteiger charge is -2.26. The van der Waals surface area contributed by atoms with Gasteiger partial charge in [-0.05, 0) is 106 Å². The Bertz CT molecular complexity index is 2400. The molecule has 4 saturated heterocycles. The van der Waals surface area contributed by atoms with Crippen molar-refractivity contribution in [1.29, 1.82) is 0 Å². The van der Waals surface area contributed by atoms with Gasteiger partial charge in [-0.1, -0.05) is 114 Å². The van der Waals surface area contributed by atoms with Gasteiger partial charge in [-0.3, -0.25) is 0 Å². The molecule has 71 heavy (non-hydrogen) atoms. The van der Waals surface area contributed by atoms with E-state index in [-0.39, 0.29) is 53.9 Å². The van der Waals surface area contributed by atoms with Gasteiger partial charge < -0.3 is 52.5 Å². The zero-order valence-corrected chi connectivity index (χ0v) is 41.8. The highest BCUT2D eigenvalue weighted by Gasteiger charge is 2.29. The molecular weight excluding hydrogens is 897 g/mol. The fraction of sp³-hybridized carbons (Fsp3) is 0.400. The molecule has 11 heteroatoms. The highest BCUT2D eigenvalue weighted by Crippen LogP contribution is 2.36. The third-order valence-corrected chi connectivity index (χ3v) is 13.7. The van der Waals surface area contributed by atoms with E-state index in [9.17, 15) is 5.11 Å². The van der Waals surface area contributed by atoms with E-state index in [1.807, 2.05) is 72.8 Å². The van der Waals surface area contributed by atoms with Gasteiger partial charge in [0.25, 0.3) is 0 Å². The van der Waals surface area contributed by atoms with Crippen molar-refractivity contribution in [3.8, 4) is 34.5 Å². The van der Waals surface area contributed by atoms with Gasteiger partial charge >= 0.3 is 0 Å². The average molecular weight is 965 g/mol. The third kappa shape index (κ3) is 14.1. The molecule has 0 aromatic heterocycles. The number of aliphatic hydroxyl groups excluding tert-OH is 1.